The highest BCUT2D eigenvalue weighted by Crippen LogP contribution is 2.12. The lowest BCUT2D eigenvalue weighted by Gasteiger charge is -2.12. The van der Waals surface area contributed by atoms with Crippen LogP contribution in [0.25, 0.3) is 0 Å². The molecular formula is C20H32N4O4. The maximum absolute atomic E-state index is 11.2. The number of hydrogen-bond acceptors (Lipinski definition) is 5. The number of rotatable bonds is 10. The first-order chi connectivity index (χ1) is 13.7. The monoisotopic (exact) mass is 392 g/mol. The summed E-state index contributed by atoms with van der Waals surface area (Å²) < 4.78 is 15.6. The number of ether oxygens (including phenoxy) is 3. The van der Waals surface area contributed by atoms with Gasteiger partial charge in [-0.3, -0.25) is 5.32 Å². The minimum absolute atomic E-state index is 0.482. The molecule has 1 aliphatic heterocycles. The van der Waals surface area contributed by atoms with Gasteiger partial charge in [0.2, 0.25) is 0 Å². The fourth-order valence-electron chi connectivity index (χ4n) is 2.72. The van der Waals surface area contributed by atoms with Crippen LogP contribution in [0.3, 0.4) is 0 Å². The lowest BCUT2D eigenvalue weighted by atomic mass is 10.1. The fraction of sp³-hybridized carbons (Fsp3) is 0.600. The van der Waals surface area contributed by atoms with E-state index in [4.69, 9.17) is 9.47 Å². The number of nitrogens with zero attached hydrogens (tertiary/aromatic N) is 1. The molecule has 0 saturated carbocycles. The Morgan fingerprint density at radius 2 is 2.11 bits per heavy atom. The van der Waals surface area contributed by atoms with Gasteiger partial charge in [-0.1, -0.05) is 12.1 Å². The second-order valence-corrected chi connectivity index (χ2v) is 6.59. The van der Waals surface area contributed by atoms with Crippen molar-refractivity contribution in [3.8, 4) is 0 Å². The Labute approximate surface area is 167 Å². The van der Waals surface area contributed by atoms with Crippen LogP contribution in [0, 0.1) is 5.92 Å². The van der Waals surface area contributed by atoms with Crippen molar-refractivity contribution in [3.05, 3.63) is 29.8 Å². The first kappa shape index (κ1) is 22.0. The molecule has 1 aliphatic rings. The Hall–Kier alpha value is -2.32. The van der Waals surface area contributed by atoms with Gasteiger partial charge in [-0.05, 0) is 37.5 Å². The Morgan fingerprint density at radius 1 is 1.29 bits per heavy atom. The van der Waals surface area contributed by atoms with Gasteiger partial charge in [-0.25, -0.2) is 9.79 Å². The molecule has 1 amide bonds. The summed E-state index contributed by atoms with van der Waals surface area (Å²) in [5, 5.41) is 9.19. The molecule has 156 valence electrons. The quantitative estimate of drug-likeness (QED) is 0.322. The summed E-state index contributed by atoms with van der Waals surface area (Å²) in [6.07, 6.45) is 1.55. The number of guanidine groups is 1. The van der Waals surface area contributed by atoms with Crippen LogP contribution in [0.15, 0.2) is 29.3 Å². The molecule has 0 bridgehead atoms. The van der Waals surface area contributed by atoms with Gasteiger partial charge in [0.05, 0.1) is 26.9 Å². The molecule has 0 radical (unpaired) electrons. The molecule has 1 heterocycles. The third-order valence-corrected chi connectivity index (χ3v) is 4.29. The van der Waals surface area contributed by atoms with Gasteiger partial charge in [0.1, 0.15) is 0 Å². The van der Waals surface area contributed by atoms with Crippen molar-refractivity contribution < 1.29 is 19.0 Å². The molecule has 1 fully saturated rings. The molecule has 8 nitrogen and oxygen atoms in total. The van der Waals surface area contributed by atoms with E-state index >= 15 is 0 Å². The van der Waals surface area contributed by atoms with Gasteiger partial charge < -0.3 is 24.8 Å². The van der Waals surface area contributed by atoms with Crippen molar-refractivity contribution in [3.63, 3.8) is 0 Å². The van der Waals surface area contributed by atoms with E-state index in [1.165, 1.54) is 7.11 Å². The lowest BCUT2D eigenvalue weighted by molar-refractivity contribution is 0.0888. The van der Waals surface area contributed by atoms with E-state index in [0.29, 0.717) is 18.2 Å². The van der Waals surface area contributed by atoms with Crippen LogP contribution in [0.2, 0.25) is 0 Å². The summed E-state index contributed by atoms with van der Waals surface area (Å²) in [4.78, 5) is 15.8. The smallest absolute Gasteiger partial charge is 0.411 e. The van der Waals surface area contributed by atoms with E-state index in [0.717, 1.165) is 63.9 Å². The lowest BCUT2D eigenvalue weighted by Crippen LogP contribution is -2.38. The Bertz CT molecular complexity index is 601. The number of nitrogens with one attached hydrogen (secondary N) is 3. The summed E-state index contributed by atoms with van der Waals surface area (Å²) in [5.74, 6) is 1.34. The van der Waals surface area contributed by atoms with Crippen molar-refractivity contribution in [2.75, 3.05) is 51.9 Å². The van der Waals surface area contributed by atoms with Gasteiger partial charge >= 0.3 is 6.09 Å². The summed E-state index contributed by atoms with van der Waals surface area (Å²) in [6.45, 7) is 7.40. The molecule has 3 N–H and O–H groups in total. The predicted molar refractivity (Wildman–Crippen MR) is 110 cm³/mol. The number of amides is 1. The van der Waals surface area contributed by atoms with E-state index in [-0.39, 0.29) is 0 Å². The third-order valence-electron chi connectivity index (χ3n) is 4.29. The number of hydrogen-bond donors (Lipinski definition) is 3. The summed E-state index contributed by atoms with van der Waals surface area (Å²) in [5.41, 5.74) is 1.74. The molecular weight excluding hydrogens is 360 g/mol. The predicted octanol–water partition coefficient (Wildman–Crippen LogP) is 2.36. The highest BCUT2D eigenvalue weighted by Gasteiger charge is 2.15. The highest BCUT2D eigenvalue weighted by molar-refractivity contribution is 5.84. The zero-order chi connectivity index (χ0) is 20.0. The van der Waals surface area contributed by atoms with E-state index in [1.54, 1.807) is 0 Å². The first-order valence-corrected chi connectivity index (χ1v) is 9.82. The minimum atomic E-state index is -0.482. The van der Waals surface area contributed by atoms with Gasteiger partial charge in [-0.2, -0.15) is 0 Å². The third kappa shape index (κ3) is 8.58. The summed E-state index contributed by atoms with van der Waals surface area (Å²) in [7, 11) is 1.34. The van der Waals surface area contributed by atoms with E-state index < -0.39 is 6.09 Å². The standard InChI is InChI=1S/C20H32N4O4/c1-3-21-19(22-10-4-11-27-14-17-9-12-28-15-17)23-13-16-5-7-18(8-6-16)24-20(25)26-2/h5-8,17H,3-4,9-15H2,1-2H3,(H,24,25)(H2,21,22,23). The van der Waals surface area contributed by atoms with Crippen molar-refractivity contribution >= 4 is 17.7 Å². The molecule has 0 aliphatic carbocycles. The number of benzene rings is 1. The van der Waals surface area contributed by atoms with Crippen LogP contribution >= 0.6 is 0 Å². The van der Waals surface area contributed by atoms with Gasteiger partial charge in [0, 0.05) is 37.9 Å². The van der Waals surface area contributed by atoms with Gasteiger partial charge in [-0.15, -0.1) is 0 Å². The molecule has 28 heavy (non-hydrogen) atoms. The second kappa shape index (κ2) is 13.0. The number of methoxy groups -OCH3 is 1. The molecule has 1 aromatic rings. The average Bonchev–Trinajstić information content (AvgIpc) is 3.23. The largest absolute Gasteiger partial charge is 0.453 e. The number of anilines is 1. The van der Waals surface area contributed by atoms with Crippen LogP contribution in [-0.4, -0.2) is 58.7 Å². The second-order valence-electron chi connectivity index (χ2n) is 6.59. The molecule has 8 heteroatoms. The molecule has 0 spiro atoms. The molecule has 1 aromatic carbocycles. The van der Waals surface area contributed by atoms with Crippen LogP contribution in [0.5, 0.6) is 0 Å². The van der Waals surface area contributed by atoms with E-state index in [2.05, 4.69) is 25.7 Å². The van der Waals surface area contributed by atoms with Crippen LogP contribution in [0.1, 0.15) is 25.3 Å². The number of carbonyl (C=O) groups excluding carboxylic acids is 1. The zero-order valence-corrected chi connectivity index (χ0v) is 16.8. The van der Waals surface area contributed by atoms with Crippen molar-refractivity contribution in [1.82, 2.24) is 10.6 Å². The summed E-state index contributed by atoms with van der Waals surface area (Å²) in [6, 6.07) is 7.52. The zero-order valence-electron chi connectivity index (χ0n) is 16.8. The maximum Gasteiger partial charge on any atom is 0.411 e. The van der Waals surface area contributed by atoms with Crippen molar-refractivity contribution in [2.24, 2.45) is 10.9 Å². The van der Waals surface area contributed by atoms with E-state index in [1.807, 2.05) is 31.2 Å². The normalized spacial score (nSPS) is 16.6. The minimum Gasteiger partial charge on any atom is -0.453 e. The fourth-order valence-corrected chi connectivity index (χ4v) is 2.72. The van der Waals surface area contributed by atoms with E-state index in [9.17, 15) is 4.79 Å². The number of carbonyl (C=O) groups is 1. The highest BCUT2D eigenvalue weighted by atomic mass is 16.5. The van der Waals surface area contributed by atoms with Crippen LogP contribution in [-0.2, 0) is 20.8 Å². The van der Waals surface area contributed by atoms with Gasteiger partial charge in [0.15, 0.2) is 5.96 Å². The SMILES string of the molecule is CCNC(=NCc1ccc(NC(=O)OC)cc1)NCCCOCC1CCOC1. The Kier molecular flexibility index (Phi) is 10.2. The number of aliphatic imine (C=N–C) groups is 1. The Morgan fingerprint density at radius 3 is 2.79 bits per heavy atom. The first-order valence-electron chi connectivity index (χ1n) is 9.82. The van der Waals surface area contributed by atoms with Crippen molar-refractivity contribution in [2.45, 2.75) is 26.3 Å². The van der Waals surface area contributed by atoms with Crippen LogP contribution < -0.4 is 16.0 Å². The molecule has 1 unspecified atom stereocenters. The molecule has 0 aromatic heterocycles. The van der Waals surface area contributed by atoms with Crippen molar-refractivity contribution in [1.29, 1.82) is 0 Å². The topological polar surface area (TPSA) is 93.2 Å². The van der Waals surface area contributed by atoms with Crippen LogP contribution in [0.4, 0.5) is 10.5 Å². The maximum atomic E-state index is 11.2. The summed E-state index contributed by atoms with van der Waals surface area (Å²) >= 11 is 0. The molecule has 1 atom stereocenters. The molecule has 2 rings (SSSR count). The van der Waals surface area contributed by atoms with Gasteiger partial charge in [0.25, 0.3) is 0 Å². The Balaban J connectivity index is 1.68. The average molecular weight is 393 g/mol. The molecule has 1 saturated heterocycles.